The highest BCUT2D eigenvalue weighted by molar-refractivity contribution is 6.32. The summed E-state index contributed by atoms with van der Waals surface area (Å²) in [7, 11) is 6.33. The summed E-state index contributed by atoms with van der Waals surface area (Å²) >= 11 is 6.03. The monoisotopic (exact) mass is 379 g/mol. The van der Waals surface area contributed by atoms with Crippen LogP contribution in [0.1, 0.15) is 5.56 Å². The standard InChI is InChI=1S/C19H22ClNO5/c1-21(17(22)12-26-15-8-6-5-7-14(15)20)11-13-9-10-16(23-2)19(25-4)18(13)24-3/h5-10H,11-12H2,1-4H3. The first kappa shape index (κ1) is 19.7. The number of rotatable bonds is 8. The molecule has 26 heavy (non-hydrogen) atoms. The molecule has 6 nitrogen and oxygen atoms in total. The predicted octanol–water partition coefficient (Wildman–Crippen LogP) is 3.40. The average Bonchev–Trinajstić information content (AvgIpc) is 2.66. The molecule has 7 heteroatoms. The van der Waals surface area contributed by atoms with E-state index in [9.17, 15) is 4.79 Å². The Labute approximate surface area is 158 Å². The van der Waals surface area contributed by atoms with Gasteiger partial charge in [-0.3, -0.25) is 4.79 Å². The highest BCUT2D eigenvalue weighted by Crippen LogP contribution is 2.40. The fourth-order valence-electron chi connectivity index (χ4n) is 2.44. The maximum absolute atomic E-state index is 12.4. The fraction of sp³-hybridized carbons (Fsp3) is 0.316. The van der Waals surface area contributed by atoms with E-state index in [0.717, 1.165) is 5.56 Å². The summed E-state index contributed by atoms with van der Waals surface area (Å²) in [5.74, 6) is 1.85. The van der Waals surface area contributed by atoms with Crippen molar-refractivity contribution in [1.29, 1.82) is 0 Å². The second-order valence-electron chi connectivity index (χ2n) is 5.46. The summed E-state index contributed by atoms with van der Waals surface area (Å²) in [5.41, 5.74) is 0.791. The lowest BCUT2D eigenvalue weighted by Crippen LogP contribution is -2.31. The number of carbonyl (C=O) groups is 1. The van der Waals surface area contributed by atoms with Crippen molar-refractivity contribution in [2.75, 3.05) is 35.0 Å². The fourth-order valence-corrected chi connectivity index (χ4v) is 2.63. The molecule has 0 spiro atoms. The van der Waals surface area contributed by atoms with Crippen LogP contribution in [0.5, 0.6) is 23.0 Å². The molecule has 0 aliphatic heterocycles. The second-order valence-corrected chi connectivity index (χ2v) is 5.87. The van der Waals surface area contributed by atoms with Gasteiger partial charge in [0.05, 0.1) is 26.4 Å². The highest BCUT2D eigenvalue weighted by atomic mass is 35.5. The van der Waals surface area contributed by atoms with E-state index >= 15 is 0 Å². The van der Waals surface area contributed by atoms with E-state index in [2.05, 4.69) is 0 Å². The number of carbonyl (C=O) groups excluding carboxylic acids is 1. The zero-order chi connectivity index (χ0) is 19.1. The van der Waals surface area contributed by atoms with E-state index in [1.54, 1.807) is 56.5 Å². The zero-order valence-electron chi connectivity index (χ0n) is 15.2. The Morgan fingerprint density at radius 1 is 0.962 bits per heavy atom. The maximum Gasteiger partial charge on any atom is 0.260 e. The number of ether oxygens (including phenoxy) is 4. The smallest absolute Gasteiger partial charge is 0.260 e. The van der Waals surface area contributed by atoms with Crippen LogP contribution < -0.4 is 18.9 Å². The molecule has 0 unspecified atom stereocenters. The van der Waals surface area contributed by atoms with Gasteiger partial charge >= 0.3 is 0 Å². The Morgan fingerprint density at radius 3 is 2.27 bits per heavy atom. The summed E-state index contributed by atoms with van der Waals surface area (Å²) < 4.78 is 21.6. The van der Waals surface area contributed by atoms with Crippen molar-refractivity contribution in [1.82, 2.24) is 4.90 Å². The molecule has 0 atom stereocenters. The van der Waals surface area contributed by atoms with Crippen molar-refractivity contribution in [3.63, 3.8) is 0 Å². The Bertz CT molecular complexity index is 766. The van der Waals surface area contributed by atoms with Gasteiger partial charge in [0.1, 0.15) is 5.75 Å². The summed E-state index contributed by atoms with van der Waals surface area (Å²) in [6, 6.07) is 10.6. The summed E-state index contributed by atoms with van der Waals surface area (Å²) in [4.78, 5) is 13.9. The van der Waals surface area contributed by atoms with Crippen molar-refractivity contribution in [3.8, 4) is 23.0 Å². The SMILES string of the molecule is COc1ccc(CN(C)C(=O)COc2ccccc2Cl)c(OC)c1OC. The molecule has 0 heterocycles. The average molecular weight is 380 g/mol. The van der Waals surface area contributed by atoms with Gasteiger partial charge < -0.3 is 23.8 Å². The topological polar surface area (TPSA) is 57.2 Å². The van der Waals surface area contributed by atoms with Crippen LogP contribution >= 0.6 is 11.6 Å². The van der Waals surface area contributed by atoms with E-state index in [0.29, 0.717) is 34.6 Å². The third kappa shape index (κ3) is 4.52. The molecule has 0 aliphatic carbocycles. The van der Waals surface area contributed by atoms with Gasteiger partial charge in [0.15, 0.2) is 18.1 Å². The third-order valence-corrected chi connectivity index (χ3v) is 4.12. The molecule has 0 radical (unpaired) electrons. The summed E-state index contributed by atoms with van der Waals surface area (Å²) in [6.45, 7) is 0.212. The van der Waals surface area contributed by atoms with E-state index in [-0.39, 0.29) is 12.5 Å². The van der Waals surface area contributed by atoms with Crippen LogP contribution in [0.3, 0.4) is 0 Å². The number of amides is 1. The van der Waals surface area contributed by atoms with E-state index < -0.39 is 0 Å². The van der Waals surface area contributed by atoms with E-state index in [4.69, 9.17) is 30.5 Å². The van der Waals surface area contributed by atoms with Gasteiger partial charge in [-0.15, -0.1) is 0 Å². The first-order valence-electron chi connectivity index (χ1n) is 7.91. The van der Waals surface area contributed by atoms with Gasteiger partial charge in [0.25, 0.3) is 5.91 Å². The first-order valence-corrected chi connectivity index (χ1v) is 8.28. The molecule has 0 fully saturated rings. The second kappa shape index (κ2) is 9.20. The van der Waals surface area contributed by atoms with Gasteiger partial charge in [-0.2, -0.15) is 0 Å². The first-order chi connectivity index (χ1) is 12.5. The number of benzene rings is 2. The zero-order valence-corrected chi connectivity index (χ0v) is 16.0. The lowest BCUT2D eigenvalue weighted by Gasteiger charge is -2.21. The number of halogens is 1. The number of methoxy groups -OCH3 is 3. The van der Waals surface area contributed by atoms with Crippen molar-refractivity contribution in [3.05, 3.63) is 47.0 Å². The summed E-state index contributed by atoms with van der Waals surface area (Å²) in [6.07, 6.45) is 0. The predicted molar refractivity (Wildman–Crippen MR) is 99.5 cm³/mol. The Morgan fingerprint density at radius 2 is 1.65 bits per heavy atom. The molecule has 140 valence electrons. The number of para-hydroxylation sites is 1. The molecule has 0 saturated carbocycles. The molecule has 0 aromatic heterocycles. The Hall–Kier alpha value is -2.60. The molecule has 0 aliphatic rings. The molecule has 0 saturated heterocycles. The number of nitrogens with zero attached hydrogens (tertiary/aromatic N) is 1. The van der Waals surface area contributed by atoms with Crippen LogP contribution in [0.4, 0.5) is 0 Å². The molecule has 0 N–H and O–H groups in total. The Kier molecular flexibility index (Phi) is 6.97. The van der Waals surface area contributed by atoms with Gasteiger partial charge in [0.2, 0.25) is 5.75 Å². The van der Waals surface area contributed by atoms with Crippen molar-refractivity contribution in [2.45, 2.75) is 6.54 Å². The molecule has 2 aromatic carbocycles. The third-order valence-electron chi connectivity index (χ3n) is 3.81. The quantitative estimate of drug-likeness (QED) is 0.703. The Balaban J connectivity index is 2.08. The molecular formula is C19H22ClNO5. The number of likely N-dealkylation sites (N-methyl/N-ethyl adjacent to an activating group) is 1. The lowest BCUT2D eigenvalue weighted by atomic mass is 10.1. The van der Waals surface area contributed by atoms with Crippen LogP contribution in [0, 0.1) is 0 Å². The molecular weight excluding hydrogens is 358 g/mol. The van der Waals surface area contributed by atoms with Crippen molar-refractivity contribution >= 4 is 17.5 Å². The number of hydrogen-bond acceptors (Lipinski definition) is 5. The van der Waals surface area contributed by atoms with Gasteiger partial charge in [-0.05, 0) is 24.3 Å². The van der Waals surface area contributed by atoms with Crippen molar-refractivity contribution in [2.24, 2.45) is 0 Å². The normalized spacial score (nSPS) is 10.2. The van der Waals surface area contributed by atoms with Crippen molar-refractivity contribution < 1.29 is 23.7 Å². The van der Waals surface area contributed by atoms with Crippen LogP contribution in [-0.2, 0) is 11.3 Å². The minimum Gasteiger partial charge on any atom is -0.493 e. The number of hydrogen-bond donors (Lipinski definition) is 0. The lowest BCUT2D eigenvalue weighted by molar-refractivity contribution is -0.132. The van der Waals surface area contributed by atoms with Gasteiger partial charge in [-0.1, -0.05) is 23.7 Å². The summed E-state index contributed by atoms with van der Waals surface area (Å²) in [5, 5.41) is 0.463. The van der Waals surface area contributed by atoms with Crippen LogP contribution in [0.2, 0.25) is 5.02 Å². The van der Waals surface area contributed by atoms with E-state index in [1.807, 2.05) is 6.07 Å². The van der Waals surface area contributed by atoms with Crippen LogP contribution in [0.15, 0.2) is 36.4 Å². The molecule has 2 aromatic rings. The van der Waals surface area contributed by atoms with Gasteiger partial charge in [0, 0.05) is 19.2 Å². The van der Waals surface area contributed by atoms with Gasteiger partial charge in [-0.25, -0.2) is 0 Å². The highest BCUT2D eigenvalue weighted by Gasteiger charge is 2.19. The molecule has 0 bridgehead atoms. The molecule has 1 amide bonds. The van der Waals surface area contributed by atoms with E-state index in [1.165, 1.54) is 7.11 Å². The minimum atomic E-state index is -0.193. The van der Waals surface area contributed by atoms with Crippen LogP contribution in [-0.4, -0.2) is 45.8 Å². The maximum atomic E-state index is 12.4. The largest absolute Gasteiger partial charge is 0.493 e. The minimum absolute atomic E-state index is 0.115. The van der Waals surface area contributed by atoms with Crippen LogP contribution in [0.25, 0.3) is 0 Å². The molecule has 2 rings (SSSR count).